The molecular formula is C10H21N3O. The minimum Gasteiger partial charge on any atom is -0.352 e. The van der Waals surface area contributed by atoms with Gasteiger partial charge in [-0.05, 0) is 39.5 Å². The van der Waals surface area contributed by atoms with Gasteiger partial charge in [-0.1, -0.05) is 6.92 Å². The average Bonchev–Trinajstić information content (AvgIpc) is 2.18. The van der Waals surface area contributed by atoms with Crippen molar-refractivity contribution in [1.82, 2.24) is 15.5 Å². The van der Waals surface area contributed by atoms with Crippen molar-refractivity contribution in [2.24, 2.45) is 0 Å². The van der Waals surface area contributed by atoms with E-state index in [1.807, 2.05) is 6.92 Å². The second-order valence-corrected chi connectivity index (χ2v) is 3.93. The van der Waals surface area contributed by atoms with Crippen molar-refractivity contribution in [3.63, 3.8) is 0 Å². The molecule has 0 spiro atoms. The molecule has 1 aliphatic heterocycles. The number of likely N-dealkylation sites (tertiary alicyclic amines) is 1. The number of nitrogens with zero attached hydrogens (tertiary/aromatic N) is 1. The second kappa shape index (κ2) is 5.98. The maximum absolute atomic E-state index is 11.4. The zero-order valence-electron chi connectivity index (χ0n) is 9.18. The SMILES string of the molecule is CCNCC(=O)NC1CCN(C)CC1. The molecule has 0 aromatic carbocycles. The van der Waals surface area contributed by atoms with E-state index in [4.69, 9.17) is 0 Å². The molecule has 0 saturated carbocycles. The number of piperidine rings is 1. The van der Waals surface area contributed by atoms with E-state index in [-0.39, 0.29) is 5.91 Å². The van der Waals surface area contributed by atoms with Crippen molar-refractivity contribution in [1.29, 1.82) is 0 Å². The lowest BCUT2D eigenvalue weighted by Crippen LogP contribution is -2.45. The Bertz CT molecular complexity index is 176. The number of carbonyl (C=O) groups is 1. The first-order valence-corrected chi connectivity index (χ1v) is 5.41. The van der Waals surface area contributed by atoms with E-state index in [0.717, 1.165) is 32.5 Å². The monoisotopic (exact) mass is 199 g/mol. The van der Waals surface area contributed by atoms with Crippen molar-refractivity contribution in [3.8, 4) is 0 Å². The summed E-state index contributed by atoms with van der Waals surface area (Å²) < 4.78 is 0. The van der Waals surface area contributed by atoms with Crippen LogP contribution in [0.4, 0.5) is 0 Å². The van der Waals surface area contributed by atoms with Gasteiger partial charge >= 0.3 is 0 Å². The molecule has 1 rings (SSSR count). The molecular weight excluding hydrogens is 178 g/mol. The number of carbonyl (C=O) groups excluding carboxylic acids is 1. The van der Waals surface area contributed by atoms with E-state index in [1.54, 1.807) is 0 Å². The van der Waals surface area contributed by atoms with Crippen molar-refractivity contribution in [2.75, 3.05) is 33.2 Å². The van der Waals surface area contributed by atoms with Gasteiger partial charge in [0.15, 0.2) is 0 Å². The quantitative estimate of drug-likeness (QED) is 0.659. The van der Waals surface area contributed by atoms with E-state index in [0.29, 0.717) is 12.6 Å². The summed E-state index contributed by atoms with van der Waals surface area (Å²) in [5.41, 5.74) is 0. The third kappa shape index (κ3) is 4.07. The molecule has 0 atom stereocenters. The molecule has 1 fully saturated rings. The van der Waals surface area contributed by atoms with Gasteiger partial charge in [-0.25, -0.2) is 0 Å². The summed E-state index contributed by atoms with van der Waals surface area (Å²) in [5, 5.41) is 6.07. The van der Waals surface area contributed by atoms with Gasteiger partial charge in [0.2, 0.25) is 5.91 Å². The van der Waals surface area contributed by atoms with Crippen LogP contribution < -0.4 is 10.6 Å². The molecule has 0 bridgehead atoms. The van der Waals surface area contributed by atoms with Gasteiger partial charge in [0.25, 0.3) is 0 Å². The highest BCUT2D eigenvalue weighted by Gasteiger charge is 2.17. The third-order valence-electron chi connectivity index (χ3n) is 2.62. The summed E-state index contributed by atoms with van der Waals surface area (Å²) in [6, 6.07) is 0.386. The summed E-state index contributed by atoms with van der Waals surface area (Å²) in [4.78, 5) is 13.7. The maximum atomic E-state index is 11.4. The van der Waals surface area contributed by atoms with Crippen LogP contribution in [0.25, 0.3) is 0 Å². The highest BCUT2D eigenvalue weighted by atomic mass is 16.1. The fourth-order valence-corrected chi connectivity index (χ4v) is 1.67. The summed E-state index contributed by atoms with van der Waals surface area (Å²) in [7, 11) is 2.12. The van der Waals surface area contributed by atoms with Crippen molar-refractivity contribution >= 4 is 5.91 Å². The predicted molar refractivity (Wildman–Crippen MR) is 57.2 cm³/mol. The molecule has 0 radical (unpaired) electrons. The first kappa shape index (κ1) is 11.5. The fraction of sp³-hybridized carbons (Fsp3) is 0.900. The van der Waals surface area contributed by atoms with Gasteiger partial charge in [0.1, 0.15) is 0 Å². The molecule has 0 aromatic rings. The molecule has 1 saturated heterocycles. The van der Waals surface area contributed by atoms with E-state index in [9.17, 15) is 4.79 Å². The van der Waals surface area contributed by atoms with E-state index in [2.05, 4.69) is 22.6 Å². The van der Waals surface area contributed by atoms with E-state index >= 15 is 0 Å². The van der Waals surface area contributed by atoms with Gasteiger partial charge in [-0.3, -0.25) is 4.79 Å². The lowest BCUT2D eigenvalue weighted by molar-refractivity contribution is -0.121. The lowest BCUT2D eigenvalue weighted by atomic mass is 10.1. The van der Waals surface area contributed by atoms with Crippen LogP contribution in [0.3, 0.4) is 0 Å². The minimum absolute atomic E-state index is 0.126. The van der Waals surface area contributed by atoms with Crippen LogP contribution in [0.1, 0.15) is 19.8 Å². The van der Waals surface area contributed by atoms with Crippen molar-refractivity contribution in [2.45, 2.75) is 25.8 Å². The number of hydrogen-bond donors (Lipinski definition) is 2. The zero-order valence-corrected chi connectivity index (χ0v) is 9.18. The van der Waals surface area contributed by atoms with E-state index < -0.39 is 0 Å². The van der Waals surface area contributed by atoms with Gasteiger partial charge < -0.3 is 15.5 Å². The predicted octanol–water partition coefficient (Wildman–Crippen LogP) is -0.194. The topological polar surface area (TPSA) is 44.4 Å². The Morgan fingerprint density at radius 2 is 2.07 bits per heavy atom. The first-order valence-electron chi connectivity index (χ1n) is 5.41. The van der Waals surface area contributed by atoms with Crippen molar-refractivity contribution in [3.05, 3.63) is 0 Å². The summed E-state index contributed by atoms with van der Waals surface area (Å²) in [6.45, 7) is 5.48. The molecule has 4 heteroatoms. The maximum Gasteiger partial charge on any atom is 0.234 e. The normalized spacial score (nSPS) is 19.6. The average molecular weight is 199 g/mol. The summed E-state index contributed by atoms with van der Waals surface area (Å²) >= 11 is 0. The number of likely N-dealkylation sites (N-methyl/N-ethyl adjacent to an activating group) is 1. The van der Waals surface area contributed by atoms with Gasteiger partial charge in [0, 0.05) is 6.04 Å². The zero-order chi connectivity index (χ0) is 10.4. The van der Waals surface area contributed by atoms with Crippen LogP contribution in [-0.4, -0.2) is 50.1 Å². The Morgan fingerprint density at radius 3 is 2.64 bits per heavy atom. The lowest BCUT2D eigenvalue weighted by Gasteiger charge is -2.29. The molecule has 14 heavy (non-hydrogen) atoms. The highest BCUT2D eigenvalue weighted by Crippen LogP contribution is 2.07. The van der Waals surface area contributed by atoms with Crippen LogP contribution in [-0.2, 0) is 4.79 Å². The molecule has 1 heterocycles. The smallest absolute Gasteiger partial charge is 0.234 e. The largest absolute Gasteiger partial charge is 0.352 e. The molecule has 1 amide bonds. The van der Waals surface area contributed by atoms with Gasteiger partial charge in [-0.15, -0.1) is 0 Å². The Morgan fingerprint density at radius 1 is 1.43 bits per heavy atom. The second-order valence-electron chi connectivity index (χ2n) is 3.93. The molecule has 0 aromatic heterocycles. The summed E-state index contributed by atoms with van der Waals surface area (Å²) in [6.07, 6.45) is 2.16. The third-order valence-corrected chi connectivity index (χ3v) is 2.62. The first-order chi connectivity index (χ1) is 6.72. The molecule has 1 aliphatic rings. The molecule has 4 nitrogen and oxygen atoms in total. The minimum atomic E-state index is 0.126. The highest BCUT2D eigenvalue weighted by molar-refractivity contribution is 5.78. The molecule has 82 valence electrons. The van der Waals surface area contributed by atoms with Gasteiger partial charge in [-0.2, -0.15) is 0 Å². The Labute approximate surface area is 86.0 Å². The summed E-state index contributed by atoms with van der Waals surface area (Å²) in [5.74, 6) is 0.126. The molecule has 0 aliphatic carbocycles. The number of nitrogens with one attached hydrogen (secondary N) is 2. The molecule has 2 N–H and O–H groups in total. The van der Waals surface area contributed by atoms with Gasteiger partial charge in [0.05, 0.1) is 6.54 Å². The van der Waals surface area contributed by atoms with Crippen LogP contribution in [0.15, 0.2) is 0 Å². The number of hydrogen-bond acceptors (Lipinski definition) is 3. The molecule has 0 unspecified atom stereocenters. The Balaban J connectivity index is 2.14. The Hall–Kier alpha value is -0.610. The van der Waals surface area contributed by atoms with Crippen LogP contribution in [0.5, 0.6) is 0 Å². The van der Waals surface area contributed by atoms with Crippen molar-refractivity contribution < 1.29 is 4.79 Å². The van der Waals surface area contributed by atoms with Crippen LogP contribution >= 0.6 is 0 Å². The number of amides is 1. The van der Waals surface area contributed by atoms with E-state index in [1.165, 1.54) is 0 Å². The van der Waals surface area contributed by atoms with Crippen LogP contribution in [0.2, 0.25) is 0 Å². The van der Waals surface area contributed by atoms with Crippen LogP contribution in [0, 0.1) is 0 Å². The standard InChI is InChI=1S/C10H21N3O/c1-3-11-8-10(14)12-9-4-6-13(2)7-5-9/h9,11H,3-8H2,1-2H3,(H,12,14). The fourth-order valence-electron chi connectivity index (χ4n) is 1.67. The Kier molecular flexibility index (Phi) is 4.90. The number of rotatable bonds is 4.